The molecule has 0 aromatic carbocycles. The summed E-state index contributed by atoms with van der Waals surface area (Å²) in [7, 11) is 2.32. The number of esters is 2. The number of carbonyl (C=O) groups excluding carboxylic acids is 2. The number of aromatic nitrogens is 1. The quantitative estimate of drug-likeness (QED) is 0.585. The molecule has 2 atom stereocenters. The van der Waals surface area contributed by atoms with Crippen molar-refractivity contribution in [2.45, 2.75) is 12.2 Å². The van der Waals surface area contributed by atoms with Crippen LogP contribution in [0.2, 0.25) is 0 Å². The Bertz CT molecular complexity index is 561. The largest absolute Gasteiger partial charge is 0.466 e. The monoisotopic (exact) mass is 307 g/mol. The molecule has 1 rings (SSSR count). The van der Waals surface area contributed by atoms with Gasteiger partial charge >= 0.3 is 11.9 Å². The molecule has 0 fully saturated rings. The molecule has 22 heavy (non-hydrogen) atoms. The molecular weight excluding hydrogens is 290 g/mol. The van der Waals surface area contributed by atoms with E-state index in [9.17, 15) is 19.8 Å². The number of pyridine rings is 1. The lowest BCUT2D eigenvalue weighted by molar-refractivity contribution is -0.138. The molecule has 0 aliphatic rings. The Labute approximate surface area is 127 Å². The maximum absolute atomic E-state index is 11.3. The number of methoxy groups -OCH3 is 2. The van der Waals surface area contributed by atoms with Crippen molar-refractivity contribution in [2.24, 2.45) is 0 Å². The predicted octanol–water partition coefficient (Wildman–Crippen LogP) is 0.607. The SMILES string of the molecule is C=C(C(=O)OC)C(O)c1cccc(C(O)C(=C)C(=O)OC)n1. The van der Waals surface area contributed by atoms with Crippen LogP contribution in [0.4, 0.5) is 0 Å². The van der Waals surface area contributed by atoms with Gasteiger partial charge in [-0.1, -0.05) is 19.2 Å². The molecular formula is C15H17NO6. The highest BCUT2D eigenvalue weighted by atomic mass is 16.5. The summed E-state index contributed by atoms with van der Waals surface area (Å²) >= 11 is 0. The maximum atomic E-state index is 11.3. The van der Waals surface area contributed by atoms with E-state index in [-0.39, 0.29) is 22.5 Å². The summed E-state index contributed by atoms with van der Waals surface area (Å²) in [6, 6.07) is 4.38. The first-order chi connectivity index (χ1) is 10.3. The van der Waals surface area contributed by atoms with E-state index in [1.165, 1.54) is 18.2 Å². The molecule has 118 valence electrons. The van der Waals surface area contributed by atoms with Crippen molar-refractivity contribution >= 4 is 11.9 Å². The summed E-state index contributed by atoms with van der Waals surface area (Å²) in [5.41, 5.74) is -0.254. The summed E-state index contributed by atoms with van der Waals surface area (Å²) < 4.78 is 8.93. The van der Waals surface area contributed by atoms with Crippen molar-refractivity contribution in [3.8, 4) is 0 Å². The van der Waals surface area contributed by atoms with E-state index in [2.05, 4.69) is 27.6 Å². The van der Waals surface area contributed by atoms with E-state index in [1.54, 1.807) is 0 Å². The van der Waals surface area contributed by atoms with Gasteiger partial charge in [-0.2, -0.15) is 0 Å². The molecule has 0 bridgehead atoms. The molecule has 1 aromatic rings. The number of aliphatic hydroxyl groups excluding tert-OH is 2. The normalized spacial score (nSPS) is 12.9. The van der Waals surface area contributed by atoms with Gasteiger partial charge in [0.15, 0.2) is 0 Å². The maximum Gasteiger partial charge on any atom is 0.336 e. The van der Waals surface area contributed by atoms with Gasteiger partial charge in [0.1, 0.15) is 12.2 Å². The minimum absolute atomic E-state index is 0.0737. The highest BCUT2D eigenvalue weighted by Gasteiger charge is 2.24. The van der Waals surface area contributed by atoms with E-state index in [4.69, 9.17) is 0 Å². The lowest BCUT2D eigenvalue weighted by Gasteiger charge is -2.15. The molecule has 2 unspecified atom stereocenters. The molecule has 0 aliphatic carbocycles. The fraction of sp³-hybridized carbons (Fsp3) is 0.267. The number of rotatable bonds is 6. The molecule has 1 aromatic heterocycles. The van der Waals surface area contributed by atoms with Crippen LogP contribution in [-0.4, -0.2) is 41.4 Å². The highest BCUT2D eigenvalue weighted by molar-refractivity contribution is 5.89. The van der Waals surface area contributed by atoms with Crippen molar-refractivity contribution < 1.29 is 29.3 Å². The third-order valence-corrected chi connectivity index (χ3v) is 2.91. The van der Waals surface area contributed by atoms with E-state index in [0.717, 1.165) is 14.2 Å². The molecule has 7 nitrogen and oxygen atoms in total. The molecule has 0 aliphatic heterocycles. The van der Waals surface area contributed by atoms with Gasteiger partial charge in [-0.05, 0) is 12.1 Å². The third kappa shape index (κ3) is 3.78. The summed E-state index contributed by atoms with van der Waals surface area (Å²) in [6.45, 7) is 6.87. The van der Waals surface area contributed by atoms with Crippen LogP contribution in [0, 0.1) is 0 Å². The fourth-order valence-electron chi connectivity index (χ4n) is 1.62. The van der Waals surface area contributed by atoms with Crippen molar-refractivity contribution in [1.82, 2.24) is 4.98 Å². The third-order valence-electron chi connectivity index (χ3n) is 2.91. The fourth-order valence-corrected chi connectivity index (χ4v) is 1.62. The molecule has 0 amide bonds. The van der Waals surface area contributed by atoms with Gasteiger partial charge in [0.05, 0.1) is 36.8 Å². The second-order valence-electron chi connectivity index (χ2n) is 4.33. The Morgan fingerprint density at radius 3 is 1.68 bits per heavy atom. The van der Waals surface area contributed by atoms with E-state index in [1.807, 2.05) is 0 Å². The van der Waals surface area contributed by atoms with Crippen LogP contribution in [0.15, 0.2) is 42.5 Å². The summed E-state index contributed by atoms with van der Waals surface area (Å²) in [6.07, 6.45) is -2.79. The smallest absolute Gasteiger partial charge is 0.336 e. The second-order valence-corrected chi connectivity index (χ2v) is 4.33. The van der Waals surface area contributed by atoms with Gasteiger partial charge in [0.2, 0.25) is 0 Å². The standard InChI is InChI=1S/C15H17NO6/c1-8(14(19)21-3)12(17)10-6-5-7-11(16-10)13(18)9(2)15(20)22-4/h5-7,12-13,17-18H,1-2H2,3-4H3. The Balaban J connectivity index is 3.04. The summed E-state index contributed by atoms with van der Waals surface area (Å²) in [4.78, 5) is 26.7. The zero-order chi connectivity index (χ0) is 16.9. The van der Waals surface area contributed by atoms with Crippen molar-refractivity contribution in [3.05, 3.63) is 53.9 Å². The van der Waals surface area contributed by atoms with Crippen LogP contribution in [0.3, 0.4) is 0 Å². The lowest BCUT2D eigenvalue weighted by atomic mass is 10.0. The minimum Gasteiger partial charge on any atom is -0.466 e. The Morgan fingerprint density at radius 2 is 1.36 bits per heavy atom. The van der Waals surface area contributed by atoms with Crippen LogP contribution < -0.4 is 0 Å². The molecule has 0 saturated carbocycles. The van der Waals surface area contributed by atoms with Gasteiger partial charge in [-0.3, -0.25) is 4.98 Å². The molecule has 0 spiro atoms. The highest BCUT2D eigenvalue weighted by Crippen LogP contribution is 2.24. The van der Waals surface area contributed by atoms with Crippen LogP contribution in [0.1, 0.15) is 23.6 Å². The number of carbonyl (C=O) groups is 2. The van der Waals surface area contributed by atoms with E-state index >= 15 is 0 Å². The summed E-state index contributed by atoms with van der Waals surface area (Å²) in [5.74, 6) is -1.56. The van der Waals surface area contributed by atoms with Crippen molar-refractivity contribution in [2.75, 3.05) is 14.2 Å². The Kier molecular flexibility index (Phi) is 5.97. The zero-order valence-corrected chi connectivity index (χ0v) is 12.3. The van der Waals surface area contributed by atoms with Gasteiger partial charge in [0.25, 0.3) is 0 Å². The minimum atomic E-state index is -1.40. The van der Waals surface area contributed by atoms with Gasteiger partial charge < -0.3 is 19.7 Å². The Morgan fingerprint density at radius 1 is 1.00 bits per heavy atom. The first-order valence-electron chi connectivity index (χ1n) is 6.20. The molecule has 1 heterocycles. The molecule has 0 radical (unpaired) electrons. The van der Waals surface area contributed by atoms with Crippen molar-refractivity contribution in [1.29, 1.82) is 0 Å². The predicted molar refractivity (Wildman–Crippen MR) is 76.5 cm³/mol. The first-order valence-corrected chi connectivity index (χ1v) is 6.20. The van der Waals surface area contributed by atoms with Crippen LogP contribution in [0.25, 0.3) is 0 Å². The van der Waals surface area contributed by atoms with Gasteiger partial charge in [0, 0.05) is 0 Å². The molecule has 0 saturated heterocycles. The average molecular weight is 307 g/mol. The number of aliphatic hydroxyl groups is 2. The van der Waals surface area contributed by atoms with Crippen LogP contribution in [-0.2, 0) is 19.1 Å². The molecule has 2 N–H and O–H groups in total. The average Bonchev–Trinajstić information content (AvgIpc) is 2.57. The topological polar surface area (TPSA) is 106 Å². The van der Waals surface area contributed by atoms with Crippen LogP contribution in [0.5, 0.6) is 0 Å². The van der Waals surface area contributed by atoms with Crippen molar-refractivity contribution in [3.63, 3.8) is 0 Å². The van der Waals surface area contributed by atoms with Gasteiger partial charge in [-0.15, -0.1) is 0 Å². The molecule has 7 heteroatoms. The number of hydrogen-bond acceptors (Lipinski definition) is 7. The lowest BCUT2D eigenvalue weighted by Crippen LogP contribution is -2.16. The number of hydrogen-bond donors (Lipinski definition) is 2. The second kappa shape index (κ2) is 7.48. The summed E-state index contributed by atoms with van der Waals surface area (Å²) in [5, 5.41) is 20.1. The number of nitrogens with zero attached hydrogens (tertiary/aromatic N) is 1. The van der Waals surface area contributed by atoms with Gasteiger partial charge in [-0.25, -0.2) is 9.59 Å². The van der Waals surface area contributed by atoms with Crippen LogP contribution >= 0.6 is 0 Å². The first kappa shape index (κ1) is 17.5. The van der Waals surface area contributed by atoms with E-state index in [0.29, 0.717) is 0 Å². The Hall–Kier alpha value is -2.51. The number of ether oxygens (including phenoxy) is 2. The zero-order valence-electron chi connectivity index (χ0n) is 12.3. The van der Waals surface area contributed by atoms with E-state index < -0.39 is 24.1 Å².